The summed E-state index contributed by atoms with van der Waals surface area (Å²) in [7, 11) is 0. The molecule has 0 spiro atoms. The van der Waals surface area contributed by atoms with Crippen molar-refractivity contribution in [3.8, 4) is 0 Å². The summed E-state index contributed by atoms with van der Waals surface area (Å²) in [4.78, 5) is 11.1. The highest BCUT2D eigenvalue weighted by Gasteiger charge is 2.24. The Kier molecular flexibility index (Phi) is 4.59. The maximum absolute atomic E-state index is 11.1. The SMILES string of the molecule is CSC1CCCCC1NC(=O)CN. The van der Waals surface area contributed by atoms with Gasteiger partial charge in [0.15, 0.2) is 0 Å². The molecule has 0 aromatic heterocycles. The summed E-state index contributed by atoms with van der Waals surface area (Å²) in [5.41, 5.74) is 5.26. The smallest absolute Gasteiger partial charge is 0.233 e. The van der Waals surface area contributed by atoms with Gasteiger partial charge in [0.25, 0.3) is 0 Å². The lowest BCUT2D eigenvalue weighted by molar-refractivity contribution is -0.120. The van der Waals surface area contributed by atoms with Crippen LogP contribution in [0.1, 0.15) is 25.7 Å². The summed E-state index contributed by atoms with van der Waals surface area (Å²) in [6, 6.07) is 0.347. The Morgan fingerprint density at radius 2 is 2.23 bits per heavy atom. The van der Waals surface area contributed by atoms with Crippen LogP contribution >= 0.6 is 11.8 Å². The molecule has 2 unspecified atom stereocenters. The zero-order valence-corrected chi connectivity index (χ0v) is 8.90. The number of nitrogens with one attached hydrogen (secondary N) is 1. The summed E-state index contributed by atoms with van der Waals surface area (Å²) in [5, 5.41) is 3.57. The lowest BCUT2D eigenvalue weighted by Gasteiger charge is -2.30. The molecule has 4 heteroatoms. The first kappa shape index (κ1) is 10.9. The minimum absolute atomic E-state index is 0.0223. The van der Waals surface area contributed by atoms with Crippen molar-refractivity contribution in [3.63, 3.8) is 0 Å². The lowest BCUT2D eigenvalue weighted by Crippen LogP contribution is -2.45. The average molecular weight is 202 g/mol. The molecule has 0 bridgehead atoms. The van der Waals surface area contributed by atoms with Crippen molar-refractivity contribution in [2.45, 2.75) is 37.0 Å². The number of carbonyl (C=O) groups is 1. The van der Waals surface area contributed by atoms with E-state index in [1.54, 1.807) is 0 Å². The molecule has 13 heavy (non-hydrogen) atoms. The number of thioether (sulfide) groups is 1. The molecule has 0 radical (unpaired) electrons. The molecule has 1 saturated carbocycles. The molecule has 1 aliphatic rings. The van der Waals surface area contributed by atoms with Crippen LogP contribution in [0.15, 0.2) is 0 Å². The Morgan fingerprint density at radius 1 is 1.54 bits per heavy atom. The summed E-state index contributed by atoms with van der Waals surface area (Å²) in [6.45, 7) is 0.109. The lowest BCUT2D eigenvalue weighted by atomic mass is 9.95. The van der Waals surface area contributed by atoms with Crippen molar-refractivity contribution in [3.05, 3.63) is 0 Å². The Bertz CT molecular complexity index is 175. The van der Waals surface area contributed by atoms with Crippen LogP contribution in [0, 0.1) is 0 Å². The number of hydrogen-bond acceptors (Lipinski definition) is 3. The third-order valence-electron chi connectivity index (χ3n) is 2.54. The van der Waals surface area contributed by atoms with Gasteiger partial charge in [0.2, 0.25) is 5.91 Å². The second kappa shape index (κ2) is 5.50. The van der Waals surface area contributed by atoms with Crippen LogP contribution in [0.5, 0.6) is 0 Å². The van der Waals surface area contributed by atoms with Gasteiger partial charge in [-0.1, -0.05) is 12.8 Å². The summed E-state index contributed by atoms with van der Waals surface area (Å²) < 4.78 is 0. The Morgan fingerprint density at radius 3 is 2.85 bits per heavy atom. The van der Waals surface area contributed by atoms with Crippen LogP contribution in [0.4, 0.5) is 0 Å². The van der Waals surface area contributed by atoms with Crippen molar-refractivity contribution in [1.29, 1.82) is 0 Å². The second-order valence-electron chi connectivity index (χ2n) is 3.44. The molecule has 2 atom stereocenters. The first-order valence-corrected chi connectivity index (χ1v) is 6.09. The topological polar surface area (TPSA) is 55.1 Å². The van der Waals surface area contributed by atoms with E-state index in [0.717, 1.165) is 6.42 Å². The Labute approximate surface area is 83.8 Å². The normalized spacial score (nSPS) is 28.5. The van der Waals surface area contributed by atoms with Crippen molar-refractivity contribution in [1.82, 2.24) is 5.32 Å². The maximum Gasteiger partial charge on any atom is 0.233 e. The number of carbonyl (C=O) groups excluding carboxylic acids is 1. The molecule has 0 aromatic rings. The van der Waals surface area contributed by atoms with Crippen molar-refractivity contribution in [2.75, 3.05) is 12.8 Å². The van der Waals surface area contributed by atoms with Crippen molar-refractivity contribution >= 4 is 17.7 Å². The van der Waals surface area contributed by atoms with E-state index in [9.17, 15) is 4.79 Å². The fourth-order valence-corrected chi connectivity index (χ4v) is 2.74. The van der Waals surface area contributed by atoms with E-state index in [2.05, 4.69) is 11.6 Å². The van der Waals surface area contributed by atoms with Crippen LogP contribution in [0.2, 0.25) is 0 Å². The highest BCUT2D eigenvalue weighted by molar-refractivity contribution is 7.99. The number of amides is 1. The van der Waals surface area contributed by atoms with E-state index < -0.39 is 0 Å². The fourth-order valence-electron chi connectivity index (χ4n) is 1.81. The summed E-state index contributed by atoms with van der Waals surface area (Å²) in [5.74, 6) is -0.0223. The van der Waals surface area contributed by atoms with E-state index >= 15 is 0 Å². The predicted molar refractivity (Wildman–Crippen MR) is 56.8 cm³/mol. The molecular formula is C9H18N2OS. The number of nitrogens with two attached hydrogens (primary N) is 1. The standard InChI is InChI=1S/C9H18N2OS/c1-13-8-5-3-2-4-7(8)11-9(12)6-10/h7-8H,2-6,10H2,1H3,(H,11,12). The molecule has 1 amide bonds. The van der Waals surface area contributed by atoms with Crippen LogP contribution in [0.25, 0.3) is 0 Å². The zero-order chi connectivity index (χ0) is 9.68. The van der Waals surface area contributed by atoms with Crippen LogP contribution in [0.3, 0.4) is 0 Å². The van der Waals surface area contributed by atoms with Gasteiger partial charge in [0, 0.05) is 11.3 Å². The third-order valence-corrected chi connectivity index (χ3v) is 3.71. The van der Waals surface area contributed by atoms with Gasteiger partial charge < -0.3 is 11.1 Å². The molecule has 0 aromatic carbocycles. The highest BCUT2D eigenvalue weighted by Crippen LogP contribution is 2.26. The quantitative estimate of drug-likeness (QED) is 0.709. The summed E-state index contributed by atoms with van der Waals surface area (Å²) in [6.07, 6.45) is 6.96. The van der Waals surface area contributed by atoms with E-state index in [4.69, 9.17) is 5.73 Å². The Hall–Kier alpha value is -0.220. The largest absolute Gasteiger partial charge is 0.351 e. The van der Waals surface area contributed by atoms with Gasteiger partial charge in [0.05, 0.1) is 6.54 Å². The van der Waals surface area contributed by atoms with Gasteiger partial charge in [-0.25, -0.2) is 0 Å². The first-order chi connectivity index (χ1) is 6.27. The van der Waals surface area contributed by atoms with Gasteiger partial charge in [0.1, 0.15) is 0 Å². The Balaban J connectivity index is 2.40. The summed E-state index contributed by atoms with van der Waals surface area (Å²) >= 11 is 1.85. The van der Waals surface area contributed by atoms with Crippen LogP contribution in [-0.4, -0.2) is 30.0 Å². The molecule has 1 rings (SSSR count). The van der Waals surface area contributed by atoms with E-state index in [1.165, 1.54) is 19.3 Å². The molecular weight excluding hydrogens is 184 g/mol. The molecule has 76 valence electrons. The number of rotatable bonds is 3. The molecule has 1 aliphatic carbocycles. The highest BCUT2D eigenvalue weighted by atomic mass is 32.2. The first-order valence-electron chi connectivity index (χ1n) is 4.80. The van der Waals surface area contributed by atoms with E-state index in [0.29, 0.717) is 11.3 Å². The van der Waals surface area contributed by atoms with Gasteiger partial charge in [-0.3, -0.25) is 4.79 Å². The van der Waals surface area contributed by atoms with Gasteiger partial charge >= 0.3 is 0 Å². The van der Waals surface area contributed by atoms with Gasteiger partial charge in [-0.2, -0.15) is 11.8 Å². The fraction of sp³-hybridized carbons (Fsp3) is 0.889. The molecule has 0 heterocycles. The van der Waals surface area contributed by atoms with Crippen molar-refractivity contribution in [2.24, 2.45) is 5.73 Å². The minimum Gasteiger partial charge on any atom is -0.351 e. The second-order valence-corrected chi connectivity index (χ2v) is 4.51. The van der Waals surface area contributed by atoms with Crippen LogP contribution in [-0.2, 0) is 4.79 Å². The van der Waals surface area contributed by atoms with Gasteiger partial charge in [-0.15, -0.1) is 0 Å². The molecule has 0 aliphatic heterocycles. The number of hydrogen-bond donors (Lipinski definition) is 2. The van der Waals surface area contributed by atoms with Crippen LogP contribution < -0.4 is 11.1 Å². The molecule has 0 saturated heterocycles. The molecule has 3 nitrogen and oxygen atoms in total. The minimum atomic E-state index is -0.0223. The van der Waals surface area contributed by atoms with E-state index in [1.807, 2.05) is 11.8 Å². The van der Waals surface area contributed by atoms with E-state index in [-0.39, 0.29) is 12.5 Å². The van der Waals surface area contributed by atoms with Crippen molar-refractivity contribution < 1.29 is 4.79 Å². The predicted octanol–water partition coefficient (Wildman–Crippen LogP) is 0.736. The zero-order valence-electron chi connectivity index (χ0n) is 8.08. The third kappa shape index (κ3) is 3.19. The van der Waals surface area contributed by atoms with Gasteiger partial charge in [-0.05, 0) is 19.1 Å². The molecule has 3 N–H and O–H groups in total. The average Bonchev–Trinajstić information content (AvgIpc) is 2.18. The molecule has 1 fully saturated rings. The monoisotopic (exact) mass is 202 g/mol. The maximum atomic E-state index is 11.1.